The van der Waals surface area contributed by atoms with Crippen LogP contribution in [0.3, 0.4) is 0 Å². The first-order valence-corrected chi connectivity index (χ1v) is 10.9. The summed E-state index contributed by atoms with van der Waals surface area (Å²) in [7, 11) is 1.89. The molecule has 0 unspecified atom stereocenters. The van der Waals surface area contributed by atoms with Crippen molar-refractivity contribution in [2.75, 3.05) is 7.11 Å². The summed E-state index contributed by atoms with van der Waals surface area (Å²) in [5.74, 6) is 3.15. The van der Waals surface area contributed by atoms with Crippen molar-refractivity contribution in [3.63, 3.8) is 0 Å². The summed E-state index contributed by atoms with van der Waals surface area (Å²) in [6.07, 6.45) is 24.0. The van der Waals surface area contributed by atoms with Gasteiger partial charge < -0.3 is 4.74 Å². The van der Waals surface area contributed by atoms with Crippen LogP contribution in [0.1, 0.15) is 110 Å². The van der Waals surface area contributed by atoms with Crippen molar-refractivity contribution >= 4 is 0 Å². The maximum absolute atomic E-state index is 5.53. The van der Waals surface area contributed by atoms with E-state index in [0.717, 1.165) is 17.8 Å². The van der Waals surface area contributed by atoms with E-state index >= 15 is 0 Å². The minimum absolute atomic E-state index is 0.569. The maximum Gasteiger partial charge on any atom is 0.0571 e. The van der Waals surface area contributed by atoms with Gasteiger partial charge in [0.15, 0.2) is 0 Å². The fraction of sp³-hybridized carbons (Fsp3) is 1.00. The summed E-state index contributed by atoms with van der Waals surface area (Å²) in [6.45, 7) is 2.31. The van der Waals surface area contributed by atoms with Gasteiger partial charge in [0, 0.05) is 7.11 Å². The lowest BCUT2D eigenvalue weighted by molar-refractivity contribution is 0.0391. The maximum atomic E-state index is 5.53. The third-order valence-corrected chi connectivity index (χ3v) is 6.83. The van der Waals surface area contributed by atoms with Gasteiger partial charge in [-0.15, -0.1) is 0 Å². The molecule has 2 rings (SSSR count). The molecule has 1 nitrogen and oxygen atoms in total. The first-order valence-electron chi connectivity index (χ1n) is 10.9. The van der Waals surface area contributed by atoms with Gasteiger partial charge in [0.25, 0.3) is 0 Å². The van der Waals surface area contributed by atoms with Crippen LogP contribution in [0.2, 0.25) is 0 Å². The van der Waals surface area contributed by atoms with Gasteiger partial charge in [-0.3, -0.25) is 0 Å². The highest BCUT2D eigenvalue weighted by Crippen LogP contribution is 2.41. The molecular formula is C22H42O. The zero-order chi connectivity index (χ0) is 16.3. The van der Waals surface area contributed by atoms with Gasteiger partial charge in [0.1, 0.15) is 0 Å². The largest absolute Gasteiger partial charge is 0.381 e. The summed E-state index contributed by atoms with van der Waals surface area (Å²) in [5.41, 5.74) is 0. The second kappa shape index (κ2) is 11.5. The minimum atomic E-state index is 0.569. The molecule has 0 atom stereocenters. The molecule has 2 saturated carbocycles. The van der Waals surface area contributed by atoms with Crippen molar-refractivity contribution in [3.05, 3.63) is 0 Å². The fourth-order valence-electron chi connectivity index (χ4n) is 5.13. The molecule has 136 valence electrons. The van der Waals surface area contributed by atoms with E-state index in [4.69, 9.17) is 4.74 Å². The van der Waals surface area contributed by atoms with Crippen molar-refractivity contribution in [1.29, 1.82) is 0 Å². The summed E-state index contributed by atoms with van der Waals surface area (Å²) in [4.78, 5) is 0. The third kappa shape index (κ3) is 7.16. The molecule has 0 saturated heterocycles. The van der Waals surface area contributed by atoms with E-state index in [1.165, 1.54) is 103 Å². The molecule has 2 fully saturated rings. The average Bonchev–Trinajstić information content (AvgIpc) is 2.61. The van der Waals surface area contributed by atoms with Crippen LogP contribution in [0, 0.1) is 17.8 Å². The Balaban J connectivity index is 1.49. The molecule has 2 aliphatic carbocycles. The van der Waals surface area contributed by atoms with E-state index in [2.05, 4.69) is 6.92 Å². The monoisotopic (exact) mass is 322 g/mol. The van der Waals surface area contributed by atoms with Crippen LogP contribution in [0.5, 0.6) is 0 Å². The van der Waals surface area contributed by atoms with Gasteiger partial charge >= 0.3 is 0 Å². The van der Waals surface area contributed by atoms with Crippen LogP contribution in [0.4, 0.5) is 0 Å². The summed E-state index contributed by atoms with van der Waals surface area (Å²) in [6, 6.07) is 0. The van der Waals surface area contributed by atoms with Gasteiger partial charge in [-0.25, -0.2) is 0 Å². The van der Waals surface area contributed by atoms with Crippen molar-refractivity contribution in [2.24, 2.45) is 17.8 Å². The molecule has 0 bridgehead atoms. The van der Waals surface area contributed by atoms with Gasteiger partial charge in [0.2, 0.25) is 0 Å². The SMILES string of the molecule is CCCCCCCCCC1CCC([C@H]2CC[C@H](OC)CC2)CC1. The molecule has 0 aliphatic heterocycles. The Hall–Kier alpha value is -0.0400. The Morgan fingerprint density at radius 1 is 0.652 bits per heavy atom. The summed E-state index contributed by atoms with van der Waals surface area (Å²) in [5, 5.41) is 0. The van der Waals surface area contributed by atoms with Crippen LogP contribution >= 0.6 is 0 Å². The minimum Gasteiger partial charge on any atom is -0.381 e. The molecule has 0 aromatic heterocycles. The van der Waals surface area contributed by atoms with Gasteiger partial charge in [-0.05, 0) is 56.3 Å². The van der Waals surface area contributed by atoms with Crippen molar-refractivity contribution in [3.8, 4) is 0 Å². The van der Waals surface area contributed by atoms with Crippen LogP contribution in [-0.2, 0) is 4.74 Å². The molecule has 23 heavy (non-hydrogen) atoms. The number of hydrogen-bond donors (Lipinski definition) is 0. The molecule has 0 aromatic carbocycles. The van der Waals surface area contributed by atoms with E-state index < -0.39 is 0 Å². The van der Waals surface area contributed by atoms with Gasteiger partial charge in [-0.1, -0.05) is 71.1 Å². The van der Waals surface area contributed by atoms with E-state index in [9.17, 15) is 0 Å². The van der Waals surface area contributed by atoms with Crippen LogP contribution in [0.15, 0.2) is 0 Å². The highest BCUT2D eigenvalue weighted by Gasteiger charge is 2.30. The Morgan fingerprint density at radius 3 is 1.74 bits per heavy atom. The van der Waals surface area contributed by atoms with Crippen molar-refractivity contribution in [2.45, 2.75) is 116 Å². The summed E-state index contributed by atoms with van der Waals surface area (Å²) < 4.78 is 5.53. The normalized spacial score (nSPS) is 32.1. The third-order valence-electron chi connectivity index (χ3n) is 6.83. The quantitative estimate of drug-likeness (QED) is 0.388. The lowest BCUT2D eigenvalue weighted by Gasteiger charge is -2.37. The lowest BCUT2D eigenvalue weighted by Crippen LogP contribution is -2.28. The second-order valence-corrected chi connectivity index (χ2v) is 8.46. The molecule has 2 aliphatic rings. The molecule has 0 heterocycles. The first-order chi connectivity index (χ1) is 11.3. The predicted molar refractivity (Wildman–Crippen MR) is 101 cm³/mol. The summed E-state index contributed by atoms with van der Waals surface area (Å²) >= 11 is 0. The smallest absolute Gasteiger partial charge is 0.0571 e. The number of rotatable bonds is 10. The standard InChI is InChI=1S/C22H42O/c1-3-4-5-6-7-8-9-10-19-11-13-20(14-12-19)21-15-17-22(23-2)18-16-21/h19-22H,3-18H2,1-2H3/t19?,20?,21-,22-. The van der Waals surface area contributed by atoms with E-state index in [1.54, 1.807) is 0 Å². The Labute approximate surface area is 146 Å². The molecule has 0 N–H and O–H groups in total. The molecule has 1 heteroatoms. The van der Waals surface area contributed by atoms with Crippen LogP contribution in [-0.4, -0.2) is 13.2 Å². The lowest BCUT2D eigenvalue weighted by atomic mass is 9.70. The molecule has 0 amide bonds. The second-order valence-electron chi connectivity index (χ2n) is 8.46. The zero-order valence-electron chi connectivity index (χ0n) is 16.0. The Bertz CT molecular complexity index is 272. The zero-order valence-corrected chi connectivity index (χ0v) is 16.0. The number of ether oxygens (including phenoxy) is 1. The highest BCUT2D eigenvalue weighted by molar-refractivity contribution is 4.82. The number of unbranched alkanes of at least 4 members (excludes halogenated alkanes) is 6. The first kappa shape index (κ1) is 19.3. The van der Waals surface area contributed by atoms with Gasteiger partial charge in [0.05, 0.1) is 6.10 Å². The van der Waals surface area contributed by atoms with Crippen LogP contribution in [0.25, 0.3) is 0 Å². The Kier molecular flexibility index (Phi) is 9.65. The van der Waals surface area contributed by atoms with Crippen molar-refractivity contribution in [1.82, 2.24) is 0 Å². The molecule has 0 radical (unpaired) electrons. The van der Waals surface area contributed by atoms with Crippen LogP contribution < -0.4 is 0 Å². The van der Waals surface area contributed by atoms with E-state index in [1.807, 2.05) is 7.11 Å². The number of hydrogen-bond acceptors (Lipinski definition) is 1. The number of methoxy groups -OCH3 is 1. The Morgan fingerprint density at radius 2 is 1.17 bits per heavy atom. The van der Waals surface area contributed by atoms with E-state index in [0.29, 0.717) is 6.10 Å². The predicted octanol–water partition coefficient (Wildman–Crippen LogP) is 7.14. The van der Waals surface area contributed by atoms with Crippen molar-refractivity contribution < 1.29 is 4.74 Å². The molecule has 0 spiro atoms. The van der Waals surface area contributed by atoms with E-state index in [-0.39, 0.29) is 0 Å². The topological polar surface area (TPSA) is 9.23 Å². The average molecular weight is 323 g/mol. The molecular weight excluding hydrogens is 280 g/mol. The van der Waals surface area contributed by atoms with Gasteiger partial charge in [-0.2, -0.15) is 0 Å². The molecule has 0 aromatic rings. The highest BCUT2D eigenvalue weighted by atomic mass is 16.5. The fourth-order valence-corrected chi connectivity index (χ4v) is 5.13.